The van der Waals surface area contributed by atoms with Gasteiger partial charge in [0, 0.05) is 35.4 Å². The summed E-state index contributed by atoms with van der Waals surface area (Å²) in [7, 11) is 0. The molecule has 0 heterocycles. The molecule has 0 saturated carbocycles. The Bertz CT molecular complexity index is 1850. The summed E-state index contributed by atoms with van der Waals surface area (Å²) < 4.78 is 205. The molecular formula is C35H18F14O2. The predicted molar refractivity (Wildman–Crippen MR) is 151 cm³/mol. The summed E-state index contributed by atoms with van der Waals surface area (Å²) in [6.45, 7) is 1.76. The van der Waals surface area contributed by atoms with Crippen molar-refractivity contribution in [3.8, 4) is 35.2 Å². The monoisotopic (exact) mass is 736 g/mol. The van der Waals surface area contributed by atoms with Gasteiger partial charge in [0.15, 0.2) is 34.9 Å². The Balaban J connectivity index is 1.58. The van der Waals surface area contributed by atoms with E-state index < -0.39 is 110 Å². The van der Waals surface area contributed by atoms with Crippen molar-refractivity contribution in [3.05, 3.63) is 129 Å². The Morgan fingerprint density at radius 2 is 0.824 bits per heavy atom. The van der Waals surface area contributed by atoms with Crippen molar-refractivity contribution in [1.82, 2.24) is 0 Å². The molecule has 16 heteroatoms. The van der Waals surface area contributed by atoms with E-state index in [1.807, 2.05) is 0 Å². The van der Waals surface area contributed by atoms with Crippen molar-refractivity contribution in [2.45, 2.75) is 38.4 Å². The number of alkyl halides is 4. The van der Waals surface area contributed by atoms with Gasteiger partial charge in [-0.15, -0.1) is 0 Å². The number of benzene rings is 4. The Labute approximate surface area is 279 Å². The summed E-state index contributed by atoms with van der Waals surface area (Å²) in [4.78, 5) is 0. The van der Waals surface area contributed by atoms with Crippen LogP contribution in [-0.2, 0) is 12.2 Å². The van der Waals surface area contributed by atoms with Crippen molar-refractivity contribution >= 4 is 0 Å². The van der Waals surface area contributed by atoms with Crippen LogP contribution in [-0.4, -0.2) is 0 Å². The van der Waals surface area contributed by atoms with E-state index in [0.29, 0.717) is 37.1 Å². The van der Waals surface area contributed by atoms with E-state index in [1.165, 1.54) is 0 Å². The van der Waals surface area contributed by atoms with E-state index in [4.69, 9.17) is 0 Å². The van der Waals surface area contributed by atoms with Crippen LogP contribution in [0.1, 0.15) is 48.4 Å². The maximum Gasteiger partial charge on any atom is 0.432 e. The second-order valence-electron chi connectivity index (χ2n) is 10.5. The van der Waals surface area contributed by atoms with Crippen LogP contribution >= 0.6 is 0 Å². The van der Waals surface area contributed by atoms with Gasteiger partial charge in [-0.25, -0.2) is 43.9 Å². The van der Waals surface area contributed by atoms with Crippen LogP contribution in [0.2, 0.25) is 0 Å². The Morgan fingerprint density at radius 1 is 0.510 bits per heavy atom. The molecule has 0 aliphatic rings. The molecule has 0 aliphatic carbocycles. The van der Waals surface area contributed by atoms with Gasteiger partial charge in [0.2, 0.25) is 0 Å². The maximum absolute atomic E-state index is 14.7. The molecule has 0 fully saturated rings. The van der Waals surface area contributed by atoms with Crippen molar-refractivity contribution in [1.29, 1.82) is 0 Å². The van der Waals surface area contributed by atoms with E-state index in [2.05, 4.69) is 33.2 Å². The summed E-state index contributed by atoms with van der Waals surface area (Å²) in [6, 6.07) is 1.62. The first-order chi connectivity index (χ1) is 23.8. The van der Waals surface area contributed by atoms with Gasteiger partial charge in [0.1, 0.15) is 45.9 Å². The average molecular weight is 736 g/mol. The molecule has 0 unspecified atom stereocenters. The minimum Gasteiger partial charge on any atom is -0.429 e. The molecule has 4 aromatic carbocycles. The van der Waals surface area contributed by atoms with Gasteiger partial charge in [0.25, 0.3) is 0 Å². The topological polar surface area (TPSA) is 18.5 Å². The van der Waals surface area contributed by atoms with E-state index >= 15 is 0 Å². The lowest BCUT2D eigenvalue weighted by molar-refractivity contribution is -0.190. The molecular weight excluding hydrogens is 718 g/mol. The van der Waals surface area contributed by atoms with Crippen LogP contribution in [0.3, 0.4) is 0 Å². The van der Waals surface area contributed by atoms with Crippen LogP contribution in [0.15, 0.2) is 48.5 Å². The fraction of sp³-hybridized carbons (Fsp3) is 0.200. The molecule has 0 bridgehead atoms. The van der Waals surface area contributed by atoms with Gasteiger partial charge in [0.05, 0.1) is 5.92 Å². The highest BCUT2D eigenvalue weighted by molar-refractivity contribution is 5.43. The lowest BCUT2D eigenvalue weighted by atomic mass is 10.0. The van der Waals surface area contributed by atoms with Crippen LogP contribution in [0.25, 0.3) is 0 Å². The highest BCUT2D eigenvalue weighted by Gasteiger charge is 2.42. The molecule has 0 aromatic heterocycles. The first-order valence-corrected chi connectivity index (χ1v) is 14.3. The standard InChI is InChI=1S/C35H18F14O2/c1-2-3-4-17(5-7-18-9-22(36)30(23(37)10-18)34(46,47)50-20-13-26(40)32(44)27(41)14-20)6-8-19-11-24(38)31(25(39)12-19)35(48,49)51-21-15-28(42)33(45)29(43)16-21/h9-17H,2-4H2,1H3. The Morgan fingerprint density at radius 3 is 1.12 bits per heavy atom. The smallest absolute Gasteiger partial charge is 0.429 e. The normalized spacial score (nSPS) is 11.5. The van der Waals surface area contributed by atoms with Gasteiger partial charge >= 0.3 is 12.2 Å². The molecule has 0 aliphatic heterocycles. The second kappa shape index (κ2) is 15.2. The first kappa shape index (κ1) is 38.4. The zero-order valence-electron chi connectivity index (χ0n) is 25.4. The lowest BCUT2D eigenvalue weighted by Crippen LogP contribution is -2.25. The fourth-order valence-corrected chi connectivity index (χ4v) is 4.36. The minimum absolute atomic E-state index is 0.0307. The van der Waals surface area contributed by atoms with Gasteiger partial charge in [-0.1, -0.05) is 43.4 Å². The quantitative estimate of drug-likeness (QED) is 0.0968. The third-order valence-electron chi connectivity index (χ3n) is 6.70. The SMILES string of the molecule is CCCCC(C#Cc1cc(F)c(C(F)(F)Oc2cc(F)c(F)c(F)c2)c(F)c1)C#Cc1cc(F)c(C(F)(F)Oc2cc(F)c(F)c(F)c2)c(F)c1. The summed E-state index contributed by atoms with van der Waals surface area (Å²) in [5.41, 5.74) is -4.95. The average Bonchev–Trinajstić information content (AvgIpc) is 3.00. The van der Waals surface area contributed by atoms with E-state index in [9.17, 15) is 61.5 Å². The van der Waals surface area contributed by atoms with Crippen LogP contribution < -0.4 is 9.47 Å². The van der Waals surface area contributed by atoms with Crippen molar-refractivity contribution < 1.29 is 70.9 Å². The van der Waals surface area contributed by atoms with Crippen LogP contribution in [0.4, 0.5) is 61.5 Å². The third kappa shape index (κ3) is 9.05. The molecule has 51 heavy (non-hydrogen) atoms. The van der Waals surface area contributed by atoms with Crippen LogP contribution in [0.5, 0.6) is 11.5 Å². The molecule has 4 rings (SSSR count). The molecule has 4 aromatic rings. The molecule has 268 valence electrons. The first-order valence-electron chi connectivity index (χ1n) is 14.3. The number of halogens is 14. The molecule has 0 radical (unpaired) electrons. The summed E-state index contributed by atoms with van der Waals surface area (Å²) >= 11 is 0. The minimum atomic E-state index is -4.85. The molecule has 0 N–H and O–H groups in total. The fourth-order valence-electron chi connectivity index (χ4n) is 4.36. The molecule has 0 amide bonds. The maximum atomic E-state index is 14.7. The molecule has 0 spiro atoms. The van der Waals surface area contributed by atoms with Crippen molar-refractivity contribution in [2.75, 3.05) is 0 Å². The highest BCUT2D eigenvalue weighted by atomic mass is 19.3. The van der Waals surface area contributed by atoms with Gasteiger partial charge < -0.3 is 9.47 Å². The second-order valence-corrected chi connectivity index (χ2v) is 10.5. The molecule has 2 nitrogen and oxygen atoms in total. The number of rotatable bonds is 9. The number of ether oxygens (including phenoxy) is 2. The van der Waals surface area contributed by atoms with E-state index in [0.717, 1.165) is 0 Å². The van der Waals surface area contributed by atoms with E-state index in [-0.39, 0.29) is 30.7 Å². The third-order valence-corrected chi connectivity index (χ3v) is 6.70. The zero-order chi connectivity index (χ0) is 37.8. The molecule has 0 saturated heterocycles. The van der Waals surface area contributed by atoms with Crippen molar-refractivity contribution in [3.63, 3.8) is 0 Å². The Hall–Kier alpha value is -5.38. The van der Waals surface area contributed by atoms with Crippen molar-refractivity contribution in [2.24, 2.45) is 5.92 Å². The summed E-state index contributed by atoms with van der Waals surface area (Å²) in [5, 5.41) is 0. The Kier molecular flexibility index (Phi) is 11.5. The number of hydrogen-bond donors (Lipinski definition) is 0. The summed E-state index contributed by atoms with van der Waals surface area (Å²) in [5.74, 6) is -13.2. The highest BCUT2D eigenvalue weighted by Crippen LogP contribution is 2.38. The lowest BCUT2D eigenvalue weighted by Gasteiger charge is -2.19. The number of hydrogen-bond acceptors (Lipinski definition) is 2. The summed E-state index contributed by atoms with van der Waals surface area (Å²) in [6.07, 6.45) is -8.52. The van der Waals surface area contributed by atoms with Gasteiger partial charge in [-0.3, -0.25) is 0 Å². The van der Waals surface area contributed by atoms with E-state index in [1.54, 1.807) is 6.92 Å². The van der Waals surface area contributed by atoms with Gasteiger partial charge in [-0.2, -0.15) is 17.6 Å². The zero-order valence-corrected chi connectivity index (χ0v) is 25.4. The number of unbranched alkanes of at least 4 members (excludes halogenated alkanes) is 1. The molecule has 0 atom stereocenters. The largest absolute Gasteiger partial charge is 0.432 e. The van der Waals surface area contributed by atoms with Crippen LogP contribution in [0, 0.1) is 87.8 Å². The predicted octanol–water partition coefficient (Wildman–Crippen LogP) is 10.5. The van der Waals surface area contributed by atoms with Gasteiger partial charge in [-0.05, 0) is 30.7 Å².